The lowest BCUT2D eigenvalue weighted by molar-refractivity contribution is -0.147. The Kier molecular flexibility index (Phi) is 17.6. The van der Waals surface area contributed by atoms with Crippen molar-refractivity contribution in [2.45, 2.75) is 79.7 Å². The second kappa shape index (κ2) is 20.2. The Bertz CT molecular complexity index is 1390. The third-order valence-corrected chi connectivity index (χ3v) is 8.19. The number of fused-ring (bicyclic) bond motifs is 1. The number of imidazole rings is 1. The number of nitrogen functional groups attached to an aromatic ring is 1. The third-order valence-electron chi connectivity index (χ3n) is 6.40. The molecule has 18 nitrogen and oxygen atoms in total. The van der Waals surface area contributed by atoms with E-state index in [9.17, 15) is 23.7 Å². The molecule has 2 rings (SSSR count). The molecule has 5 atom stereocenters. The Hall–Kier alpha value is -4.12. The van der Waals surface area contributed by atoms with Crippen LogP contribution in [0.5, 0.6) is 0 Å². The number of esters is 1. The number of carboxylic acids is 2. The van der Waals surface area contributed by atoms with Gasteiger partial charge >= 0.3 is 24.1 Å². The van der Waals surface area contributed by atoms with Gasteiger partial charge in [-0.15, -0.1) is 0 Å². The van der Waals surface area contributed by atoms with Gasteiger partial charge in [-0.2, -0.15) is 0 Å². The first-order chi connectivity index (χ1) is 22.0. The number of rotatable bonds is 18. The molecule has 0 fully saturated rings. The number of carbonyl (C=O) groups excluding carboxylic acids is 2. The second-order valence-electron chi connectivity index (χ2n) is 10.8. The van der Waals surface area contributed by atoms with Crippen LogP contribution in [-0.2, 0) is 49.0 Å². The van der Waals surface area contributed by atoms with Crippen molar-refractivity contribution in [1.82, 2.24) is 24.6 Å². The van der Waals surface area contributed by atoms with E-state index < -0.39 is 63.0 Å². The number of carbonyl (C=O) groups is 4. The van der Waals surface area contributed by atoms with Gasteiger partial charge in [0.2, 0.25) is 6.79 Å². The monoisotopic (exact) mass is 688 g/mol. The molecule has 0 bridgehead atoms. The minimum Gasteiger partial charge on any atom is -0.478 e. The number of aromatic nitrogens is 4. The van der Waals surface area contributed by atoms with Crippen LogP contribution in [0.25, 0.3) is 11.2 Å². The van der Waals surface area contributed by atoms with E-state index >= 15 is 0 Å². The lowest BCUT2D eigenvalue weighted by atomic mass is 9.94. The lowest BCUT2D eigenvalue weighted by Crippen LogP contribution is -2.36. The Morgan fingerprint density at radius 2 is 1.64 bits per heavy atom. The number of anilines is 1. The summed E-state index contributed by atoms with van der Waals surface area (Å²) in [7, 11) is -3.87. The van der Waals surface area contributed by atoms with Crippen LogP contribution in [0.1, 0.15) is 54.9 Å². The van der Waals surface area contributed by atoms with Crippen LogP contribution in [0, 0.1) is 11.8 Å². The maximum absolute atomic E-state index is 13.6. The van der Waals surface area contributed by atoms with Crippen LogP contribution in [0.4, 0.5) is 10.6 Å². The van der Waals surface area contributed by atoms with E-state index in [4.69, 9.17) is 39.4 Å². The van der Waals surface area contributed by atoms with E-state index in [0.29, 0.717) is 35.8 Å². The Morgan fingerprint density at radius 1 is 1.00 bits per heavy atom. The summed E-state index contributed by atoms with van der Waals surface area (Å²) in [6.45, 7) is 12.6. The molecule has 0 aromatic carbocycles. The number of nitrogens with two attached hydrogens (primary N) is 1. The minimum absolute atomic E-state index is 0.165. The van der Waals surface area contributed by atoms with Crippen molar-refractivity contribution in [1.29, 1.82) is 0 Å². The third kappa shape index (κ3) is 15.8. The van der Waals surface area contributed by atoms with Crippen LogP contribution in [0.3, 0.4) is 0 Å². The normalized spacial score (nSPS) is 15.1. The van der Waals surface area contributed by atoms with Crippen LogP contribution >= 0.6 is 7.52 Å². The van der Waals surface area contributed by atoms with Gasteiger partial charge in [0.05, 0.1) is 31.7 Å². The van der Waals surface area contributed by atoms with E-state index in [-0.39, 0.29) is 18.3 Å². The summed E-state index contributed by atoms with van der Waals surface area (Å²) in [4.78, 5) is 55.7. The fourth-order valence-corrected chi connectivity index (χ4v) is 5.07. The Morgan fingerprint density at radius 3 is 2.21 bits per heavy atom. The first-order valence-electron chi connectivity index (χ1n) is 14.7. The fraction of sp³-hybridized carbons (Fsp3) is 0.607. The number of hydrogen-bond acceptors (Lipinski definition) is 14. The van der Waals surface area contributed by atoms with Gasteiger partial charge < -0.3 is 39.5 Å². The highest BCUT2D eigenvalue weighted by atomic mass is 31.2. The summed E-state index contributed by atoms with van der Waals surface area (Å²) < 4.78 is 41.7. The molecule has 5 N–H and O–H groups in total. The van der Waals surface area contributed by atoms with Crippen molar-refractivity contribution in [3.63, 3.8) is 0 Å². The molecule has 47 heavy (non-hydrogen) atoms. The molecule has 264 valence electrons. The van der Waals surface area contributed by atoms with Crippen molar-refractivity contribution in [2.24, 2.45) is 11.8 Å². The van der Waals surface area contributed by atoms with Crippen LogP contribution < -0.4 is 10.8 Å². The molecule has 2 aromatic heterocycles. The van der Waals surface area contributed by atoms with Gasteiger partial charge in [-0.3, -0.25) is 13.9 Å². The van der Waals surface area contributed by atoms with Gasteiger partial charge in [0.1, 0.15) is 24.2 Å². The van der Waals surface area contributed by atoms with Crippen LogP contribution in [-0.4, -0.2) is 91.8 Å². The van der Waals surface area contributed by atoms with E-state index in [0.717, 1.165) is 6.42 Å². The van der Waals surface area contributed by atoms with Gasteiger partial charge in [0.25, 0.3) is 7.52 Å². The molecule has 0 aliphatic heterocycles. The highest BCUT2D eigenvalue weighted by Crippen LogP contribution is 2.43. The molecule has 0 spiro atoms. The summed E-state index contributed by atoms with van der Waals surface area (Å²) in [5.74, 6) is -2.31. The maximum atomic E-state index is 13.6. The van der Waals surface area contributed by atoms with Gasteiger partial charge in [-0.05, 0) is 39.5 Å². The van der Waals surface area contributed by atoms with Crippen molar-refractivity contribution >= 4 is 48.6 Å². The number of hydrogen-bond donors (Lipinski definition) is 4. The van der Waals surface area contributed by atoms with Crippen molar-refractivity contribution in [2.75, 3.05) is 25.5 Å². The van der Waals surface area contributed by atoms with Crippen LogP contribution in [0.2, 0.25) is 0 Å². The zero-order valence-corrected chi connectivity index (χ0v) is 28.4. The minimum atomic E-state index is -3.87. The zero-order valence-electron chi connectivity index (χ0n) is 27.5. The van der Waals surface area contributed by atoms with Crippen molar-refractivity contribution < 1.29 is 57.4 Å². The smallest absolute Gasteiger partial charge is 0.478 e. The molecular formula is C28H45N6O12P. The van der Waals surface area contributed by atoms with Gasteiger partial charge in [0, 0.05) is 12.2 Å². The summed E-state index contributed by atoms with van der Waals surface area (Å²) in [5, 5.41) is 18.3. The molecule has 0 saturated carbocycles. The van der Waals surface area contributed by atoms with Gasteiger partial charge in [-0.25, -0.2) is 34.4 Å². The number of ether oxygens (including phenoxy) is 4. The highest BCUT2D eigenvalue weighted by Gasteiger charge is 2.31. The number of aliphatic carboxylic acids is 2. The average Bonchev–Trinajstić information content (AvgIpc) is 3.40. The van der Waals surface area contributed by atoms with E-state index in [1.807, 2.05) is 6.92 Å². The summed E-state index contributed by atoms with van der Waals surface area (Å²) >= 11 is 0. The lowest BCUT2D eigenvalue weighted by Gasteiger charge is -2.25. The number of nitrogens with zero attached hydrogens (tertiary/aromatic N) is 4. The molecule has 3 unspecified atom stereocenters. The topological polar surface area (TPSA) is 254 Å². The molecule has 0 amide bonds. The Labute approximate surface area is 272 Å². The van der Waals surface area contributed by atoms with Crippen LogP contribution in [0.15, 0.2) is 24.8 Å². The highest BCUT2D eigenvalue weighted by molar-refractivity contribution is 7.56. The molecule has 0 saturated heterocycles. The predicted molar refractivity (Wildman–Crippen MR) is 168 cm³/mol. The van der Waals surface area contributed by atoms with E-state index in [2.05, 4.69) is 33.9 Å². The van der Waals surface area contributed by atoms with Crippen molar-refractivity contribution in [3.8, 4) is 0 Å². The molecule has 0 radical (unpaired) electrons. The first kappa shape index (κ1) is 40.9. The zero-order chi connectivity index (χ0) is 35.7. The van der Waals surface area contributed by atoms with Gasteiger partial charge in [0.15, 0.2) is 11.5 Å². The number of nitrogens with one attached hydrogen (secondary N) is 1. The quantitative estimate of drug-likeness (QED) is 0.0757. The summed E-state index contributed by atoms with van der Waals surface area (Å²) in [6.07, 6.45) is 2.66. The molecule has 2 aromatic rings. The standard InChI is InChI=1S/C24H41N6O8P.C4H4O4/c1-8-16(4)17(5)10-34-23(31)19(7)29-39(33,37-13-35-24(32)38-15(2)3)14-36-18(6)9-30-12-28-20-21(25)26-11-27-22(20)30;5-3(6)1-2-4(7)8/h11-12,15-19H,8-10,13-14H2,1-7H3,(H,29,33)(H2,25,26,27);1-2H,(H,5,6)(H,7,8)/b;2-1+/t16?,17?,18-,19+,39?;/m1./s1. The summed E-state index contributed by atoms with van der Waals surface area (Å²) in [6, 6.07) is -0.987. The van der Waals surface area contributed by atoms with E-state index in [1.54, 1.807) is 31.7 Å². The first-order valence-corrected chi connectivity index (χ1v) is 16.5. The van der Waals surface area contributed by atoms with Gasteiger partial charge in [-0.1, -0.05) is 27.2 Å². The van der Waals surface area contributed by atoms with E-state index in [1.165, 1.54) is 13.3 Å². The SMILES string of the molecule is CCC(C)C(C)COC(=O)[C@H](C)NP(=O)(CO[C@H](C)Cn1cnc2c(N)ncnc21)OCOC(=O)OC(C)C.O=C(O)/C=C/C(=O)O. The number of carboxylic acid groups (broad SMARTS) is 2. The second-order valence-corrected chi connectivity index (χ2v) is 12.9. The summed E-state index contributed by atoms with van der Waals surface area (Å²) in [5.41, 5.74) is 6.82. The molecular weight excluding hydrogens is 643 g/mol. The van der Waals surface area contributed by atoms with Crippen molar-refractivity contribution in [3.05, 3.63) is 24.8 Å². The molecule has 0 aliphatic carbocycles. The molecule has 19 heteroatoms. The fourth-order valence-electron chi connectivity index (χ4n) is 3.48. The molecule has 2 heterocycles. The molecule has 0 aliphatic rings. The largest absolute Gasteiger partial charge is 0.510 e. The average molecular weight is 689 g/mol. The maximum Gasteiger partial charge on any atom is 0.510 e. The Balaban J connectivity index is 0.00000122. The predicted octanol–water partition coefficient (Wildman–Crippen LogP) is 3.42.